The van der Waals surface area contributed by atoms with Crippen LogP contribution in [0.15, 0.2) is 30.3 Å². The minimum absolute atomic E-state index is 0.0764. The molecular formula is C25H31F3. The third-order valence-electron chi connectivity index (χ3n) is 6.34. The van der Waals surface area contributed by atoms with Gasteiger partial charge in [0.2, 0.25) is 0 Å². The van der Waals surface area contributed by atoms with E-state index in [1.165, 1.54) is 0 Å². The van der Waals surface area contributed by atoms with Gasteiger partial charge in [-0.05, 0) is 91.5 Å². The van der Waals surface area contributed by atoms with Gasteiger partial charge < -0.3 is 0 Å². The smallest absolute Gasteiger partial charge is 0.162 e. The summed E-state index contributed by atoms with van der Waals surface area (Å²) >= 11 is 0. The van der Waals surface area contributed by atoms with Gasteiger partial charge in [-0.15, -0.1) is 0 Å². The second kappa shape index (κ2) is 9.62. The third-order valence-corrected chi connectivity index (χ3v) is 6.34. The second-order valence-electron chi connectivity index (χ2n) is 8.23. The van der Waals surface area contributed by atoms with Crippen molar-refractivity contribution < 1.29 is 13.2 Å². The molecule has 0 aliphatic heterocycles. The zero-order valence-corrected chi connectivity index (χ0v) is 17.0. The largest absolute Gasteiger partial charge is 0.207 e. The predicted octanol–water partition coefficient (Wildman–Crippen LogP) is 7.53. The minimum Gasteiger partial charge on any atom is -0.207 e. The maximum absolute atomic E-state index is 14.4. The maximum Gasteiger partial charge on any atom is 0.162 e. The molecular weight excluding hydrogens is 357 g/mol. The molecule has 0 saturated heterocycles. The molecule has 1 aliphatic rings. The molecule has 2 aromatic carbocycles. The lowest BCUT2D eigenvalue weighted by Gasteiger charge is -2.29. The molecule has 152 valence electrons. The van der Waals surface area contributed by atoms with Crippen molar-refractivity contribution in [2.75, 3.05) is 0 Å². The van der Waals surface area contributed by atoms with Gasteiger partial charge in [-0.1, -0.05) is 44.5 Å². The molecule has 0 atom stereocenters. The van der Waals surface area contributed by atoms with Gasteiger partial charge in [-0.25, -0.2) is 13.2 Å². The van der Waals surface area contributed by atoms with Crippen LogP contribution in [0.1, 0.15) is 80.5 Å². The zero-order valence-electron chi connectivity index (χ0n) is 17.0. The summed E-state index contributed by atoms with van der Waals surface area (Å²) in [6.07, 6.45) is 7.66. The molecule has 3 rings (SSSR count). The summed E-state index contributed by atoms with van der Waals surface area (Å²) in [4.78, 5) is 0. The summed E-state index contributed by atoms with van der Waals surface area (Å²) in [7, 11) is 0. The van der Waals surface area contributed by atoms with E-state index < -0.39 is 11.6 Å². The minimum atomic E-state index is -0.672. The Kier molecular flexibility index (Phi) is 7.20. The highest BCUT2D eigenvalue weighted by Gasteiger charge is 2.25. The summed E-state index contributed by atoms with van der Waals surface area (Å²) in [5, 5.41) is 0. The van der Waals surface area contributed by atoms with E-state index in [1.807, 2.05) is 26.0 Å². The van der Waals surface area contributed by atoms with Crippen molar-refractivity contribution in [3.63, 3.8) is 0 Å². The molecule has 0 heterocycles. The molecule has 28 heavy (non-hydrogen) atoms. The number of hydrogen-bond donors (Lipinski definition) is 0. The molecule has 1 aliphatic carbocycles. The molecule has 3 heteroatoms. The van der Waals surface area contributed by atoms with Gasteiger partial charge in [-0.2, -0.15) is 0 Å². The lowest BCUT2D eigenvalue weighted by atomic mass is 9.76. The molecule has 0 bridgehead atoms. The van der Waals surface area contributed by atoms with Crippen LogP contribution in [-0.4, -0.2) is 0 Å². The highest BCUT2D eigenvalue weighted by Crippen LogP contribution is 2.38. The van der Waals surface area contributed by atoms with Gasteiger partial charge in [0, 0.05) is 0 Å². The number of aryl methyl sites for hydroxylation is 3. The standard InChI is InChI=1S/C25H31F3/c1-3-5-20-13-14-21(25(28)24(20)27)12-8-18-6-10-19(11-7-18)22-15-9-17(4-2)16-23(22)26/h9,13-16,18-19H,3-8,10-12H2,1-2H3. The lowest BCUT2D eigenvalue weighted by molar-refractivity contribution is 0.305. The number of rotatable bonds is 7. The molecule has 0 radical (unpaired) electrons. The van der Waals surface area contributed by atoms with Crippen LogP contribution in [-0.2, 0) is 19.3 Å². The molecule has 2 aromatic rings. The van der Waals surface area contributed by atoms with Crippen molar-refractivity contribution in [3.8, 4) is 0 Å². The van der Waals surface area contributed by atoms with Crippen LogP contribution in [0.2, 0.25) is 0 Å². The van der Waals surface area contributed by atoms with Crippen molar-refractivity contribution in [2.45, 2.75) is 77.6 Å². The van der Waals surface area contributed by atoms with Gasteiger partial charge in [0.05, 0.1) is 0 Å². The Labute approximate surface area is 167 Å². The first-order chi connectivity index (χ1) is 13.5. The van der Waals surface area contributed by atoms with E-state index in [-0.39, 0.29) is 11.7 Å². The SMILES string of the molecule is CCCc1ccc(CCC2CCC(c3ccc(CC)cc3F)CC2)c(F)c1F. The summed E-state index contributed by atoms with van der Waals surface area (Å²) in [5.74, 6) is -0.629. The van der Waals surface area contributed by atoms with Crippen molar-refractivity contribution in [2.24, 2.45) is 5.92 Å². The van der Waals surface area contributed by atoms with Crippen LogP contribution in [0.5, 0.6) is 0 Å². The van der Waals surface area contributed by atoms with E-state index in [0.717, 1.165) is 56.1 Å². The van der Waals surface area contributed by atoms with Crippen molar-refractivity contribution in [1.29, 1.82) is 0 Å². The lowest BCUT2D eigenvalue weighted by Crippen LogP contribution is -2.15. The van der Waals surface area contributed by atoms with Gasteiger partial charge in [0.15, 0.2) is 11.6 Å². The zero-order chi connectivity index (χ0) is 20.1. The van der Waals surface area contributed by atoms with E-state index in [1.54, 1.807) is 18.2 Å². The summed E-state index contributed by atoms with van der Waals surface area (Å²) in [5.41, 5.74) is 2.84. The van der Waals surface area contributed by atoms with Crippen molar-refractivity contribution in [1.82, 2.24) is 0 Å². The molecule has 1 saturated carbocycles. The molecule has 0 spiro atoms. The first-order valence-corrected chi connectivity index (χ1v) is 10.8. The average molecular weight is 389 g/mol. The second-order valence-corrected chi connectivity index (χ2v) is 8.23. The van der Waals surface area contributed by atoms with Gasteiger partial charge >= 0.3 is 0 Å². The van der Waals surface area contributed by atoms with Crippen LogP contribution in [0.4, 0.5) is 13.2 Å². The summed E-state index contributed by atoms with van der Waals surface area (Å²) in [6, 6.07) is 9.14. The molecule has 0 N–H and O–H groups in total. The summed E-state index contributed by atoms with van der Waals surface area (Å²) in [6.45, 7) is 4.00. The van der Waals surface area contributed by atoms with Crippen LogP contribution in [0.3, 0.4) is 0 Å². The summed E-state index contributed by atoms with van der Waals surface area (Å²) < 4.78 is 42.8. The number of hydrogen-bond acceptors (Lipinski definition) is 0. The van der Waals surface area contributed by atoms with Gasteiger partial charge in [0.1, 0.15) is 5.82 Å². The number of halogens is 3. The average Bonchev–Trinajstić information content (AvgIpc) is 2.71. The fourth-order valence-corrected chi connectivity index (χ4v) is 4.53. The van der Waals surface area contributed by atoms with Crippen LogP contribution >= 0.6 is 0 Å². The van der Waals surface area contributed by atoms with Crippen LogP contribution < -0.4 is 0 Å². The molecule has 0 aromatic heterocycles. The Morgan fingerprint density at radius 3 is 2.04 bits per heavy atom. The van der Waals surface area contributed by atoms with E-state index in [0.29, 0.717) is 29.9 Å². The molecule has 1 fully saturated rings. The first kappa shape index (κ1) is 21.0. The quantitative estimate of drug-likeness (QED) is 0.460. The normalized spacial score (nSPS) is 19.8. The van der Waals surface area contributed by atoms with Gasteiger partial charge in [-0.3, -0.25) is 0 Å². The van der Waals surface area contributed by atoms with E-state index >= 15 is 0 Å². The molecule has 0 amide bonds. The van der Waals surface area contributed by atoms with Crippen LogP contribution in [0, 0.1) is 23.4 Å². The highest BCUT2D eigenvalue weighted by molar-refractivity contribution is 5.28. The van der Waals surface area contributed by atoms with E-state index in [2.05, 4.69) is 0 Å². The maximum atomic E-state index is 14.4. The Bertz CT molecular complexity index is 789. The van der Waals surface area contributed by atoms with Crippen molar-refractivity contribution >= 4 is 0 Å². The fraction of sp³-hybridized carbons (Fsp3) is 0.520. The number of benzene rings is 2. The van der Waals surface area contributed by atoms with E-state index in [4.69, 9.17) is 0 Å². The Hall–Kier alpha value is -1.77. The molecule has 0 unspecified atom stereocenters. The molecule has 0 nitrogen and oxygen atoms in total. The predicted molar refractivity (Wildman–Crippen MR) is 109 cm³/mol. The topological polar surface area (TPSA) is 0 Å². The fourth-order valence-electron chi connectivity index (χ4n) is 4.53. The Morgan fingerprint density at radius 1 is 0.821 bits per heavy atom. The van der Waals surface area contributed by atoms with E-state index in [9.17, 15) is 13.2 Å². The van der Waals surface area contributed by atoms with Crippen LogP contribution in [0.25, 0.3) is 0 Å². The van der Waals surface area contributed by atoms with Crippen molar-refractivity contribution in [3.05, 3.63) is 70.0 Å². The Morgan fingerprint density at radius 2 is 1.46 bits per heavy atom. The highest BCUT2D eigenvalue weighted by atomic mass is 19.2. The Balaban J connectivity index is 1.54. The monoisotopic (exact) mass is 388 g/mol. The van der Waals surface area contributed by atoms with Gasteiger partial charge in [0.25, 0.3) is 0 Å². The third kappa shape index (κ3) is 4.79. The first-order valence-electron chi connectivity index (χ1n) is 10.8.